The second-order valence-corrected chi connectivity index (χ2v) is 6.38. The van der Waals surface area contributed by atoms with E-state index >= 15 is 0 Å². The van der Waals surface area contributed by atoms with Crippen LogP contribution in [-0.2, 0) is 0 Å². The van der Waals surface area contributed by atoms with Crippen molar-refractivity contribution in [1.29, 1.82) is 0 Å². The lowest BCUT2D eigenvalue weighted by Gasteiger charge is -2.34. The first kappa shape index (κ1) is 15.7. The van der Waals surface area contributed by atoms with Crippen molar-refractivity contribution >= 4 is 15.9 Å². The quantitative estimate of drug-likeness (QED) is 0.779. The SMILES string of the molecule is C/C=C/C(Br)=C\NC1CCN(CC(C)(C)F)CC1. The summed E-state index contributed by atoms with van der Waals surface area (Å²) < 4.78 is 14.6. The number of allylic oxidation sites excluding steroid dienone is 3. The number of piperidine rings is 1. The highest BCUT2D eigenvalue weighted by atomic mass is 79.9. The molecule has 1 aliphatic rings. The summed E-state index contributed by atoms with van der Waals surface area (Å²) in [6.45, 7) is 7.77. The maximum absolute atomic E-state index is 13.5. The fourth-order valence-corrected chi connectivity index (χ4v) is 2.59. The third-order valence-electron chi connectivity index (χ3n) is 2.97. The van der Waals surface area contributed by atoms with Gasteiger partial charge in [0.1, 0.15) is 5.67 Å². The standard InChI is InChI=1S/C14H24BrFN2/c1-4-5-12(15)10-17-13-6-8-18(9-7-13)11-14(2,3)16/h4-5,10,13,17H,6-9,11H2,1-3H3/b5-4+,12-10+. The van der Waals surface area contributed by atoms with Crippen molar-refractivity contribution in [3.05, 3.63) is 22.8 Å². The summed E-state index contributed by atoms with van der Waals surface area (Å²) in [5.41, 5.74) is -1.09. The van der Waals surface area contributed by atoms with Gasteiger partial charge >= 0.3 is 0 Å². The van der Waals surface area contributed by atoms with E-state index in [0.717, 1.165) is 30.4 Å². The molecule has 1 aliphatic heterocycles. The molecule has 2 nitrogen and oxygen atoms in total. The normalized spacial score (nSPS) is 20.6. The second kappa shape index (κ2) is 7.29. The molecule has 0 unspecified atom stereocenters. The van der Waals surface area contributed by atoms with E-state index in [1.165, 1.54) is 0 Å². The molecule has 0 aliphatic carbocycles. The Balaban J connectivity index is 2.29. The summed E-state index contributed by atoms with van der Waals surface area (Å²) in [7, 11) is 0. The monoisotopic (exact) mass is 318 g/mol. The molecule has 0 atom stereocenters. The minimum atomic E-state index is -1.09. The van der Waals surface area contributed by atoms with Crippen LogP contribution in [-0.4, -0.2) is 36.2 Å². The van der Waals surface area contributed by atoms with Crippen LogP contribution in [0.15, 0.2) is 22.8 Å². The largest absolute Gasteiger partial charge is 0.387 e. The molecule has 0 saturated carbocycles. The van der Waals surface area contributed by atoms with Crippen LogP contribution in [0.3, 0.4) is 0 Å². The van der Waals surface area contributed by atoms with E-state index in [2.05, 4.69) is 26.1 Å². The first-order valence-electron chi connectivity index (χ1n) is 6.56. The van der Waals surface area contributed by atoms with Gasteiger partial charge < -0.3 is 10.2 Å². The molecule has 0 spiro atoms. The maximum Gasteiger partial charge on any atom is 0.118 e. The lowest BCUT2D eigenvalue weighted by Crippen LogP contribution is -2.45. The number of rotatable bonds is 5. The number of likely N-dealkylation sites (tertiary alicyclic amines) is 1. The zero-order valence-corrected chi connectivity index (χ0v) is 13.1. The van der Waals surface area contributed by atoms with Gasteiger partial charge in [-0.2, -0.15) is 0 Å². The minimum absolute atomic E-state index is 0.502. The van der Waals surface area contributed by atoms with Crippen LogP contribution in [0.4, 0.5) is 4.39 Å². The maximum atomic E-state index is 13.5. The Morgan fingerprint density at radius 3 is 2.56 bits per heavy atom. The van der Waals surface area contributed by atoms with Crippen LogP contribution in [0, 0.1) is 0 Å². The van der Waals surface area contributed by atoms with Crippen molar-refractivity contribution < 1.29 is 4.39 Å². The molecule has 0 aromatic heterocycles. The smallest absolute Gasteiger partial charge is 0.118 e. The first-order valence-corrected chi connectivity index (χ1v) is 7.36. The number of hydrogen-bond donors (Lipinski definition) is 1. The molecule has 0 amide bonds. The van der Waals surface area contributed by atoms with Crippen molar-refractivity contribution in [2.24, 2.45) is 0 Å². The third-order valence-corrected chi connectivity index (χ3v) is 3.46. The van der Waals surface area contributed by atoms with Crippen LogP contribution in [0.5, 0.6) is 0 Å². The highest BCUT2D eigenvalue weighted by Crippen LogP contribution is 2.16. The van der Waals surface area contributed by atoms with Gasteiger partial charge in [0.15, 0.2) is 0 Å². The Morgan fingerprint density at radius 2 is 2.06 bits per heavy atom. The van der Waals surface area contributed by atoms with Crippen molar-refractivity contribution in [3.8, 4) is 0 Å². The molecule has 0 aromatic carbocycles. The van der Waals surface area contributed by atoms with Crippen LogP contribution in [0.2, 0.25) is 0 Å². The summed E-state index contributed by atoms with van der Waals surface area (Å²) in [6.07, 6.45) is 8.15. The fraction of sp³-hybridized carbons (Fsp3) is 0.714. The van der Waals surface area contributed by atoms with Crippen LogP contribution >= 0.6 is 15.9 Å². The summed E-state index contributed by atoms with van der Waals surface area (Å²) in [6, 6.07) is 0.502. The molecule has 1 rings (SSSR count). The van der Waals surface area contributed by atoms with E-state index in [4.69, 9.17) is 0 Å². The lowest BCUT2D eigenvalue weighted by molar-refractivity contribution is 0.103. The highest BCUT2D eigenvalue weighted by molar-refractivity contribution is 9.11. The second-order valence-electron chi connectivity index (χ2n) is 5.47. The molecule has 1 N–H and O–H groups in total. The predicted molar refractivity (Wildman–Crippen MR) is 79.6 cm³/mol. The average molecular weight is 319 g/mol. The van der Waals surface area contributed by atoms with Crippen LogP contribution < -0.4 is 5.32 Å². The van der Waals surface area contributed by atoms with Crippen molar-refractivity contribution in [2.75, 3.05) is 19.6 Å². The number of nitrogens with one attached hydrogen (secondary N) is 1. The first-order chi connectivity index (χ1) is 8.40. The summed E-state index contributed by atoms with van der Waals surface area (Å²) >= 11 is 3.47. The van der Waals surface area contributed by atoms with Gasteiger partial charge in [-0.05, 0) is 49.5 Å². The van der Waals surface area contributed by atoms with Gasteiger partial charge in [-0.1, -0.05) is 12.2 Å². The molecule has 1 saturated heterocycles. The van der Waals surface area contributed by atoms with E-state index in [-0.39, 0.29) is 0 Å². The van der Waals surface area contributed by atoms with Crippen molar-refractivity contribution in [3.63, 3.8) is 0 Å². The molecule has 0 bridgehead atoms. The fourth-order valence-electron chi connectivity index (χ4n) is 2.19. The van der Waals surface area contributed by atoms with Gasteiger partial charge in [0.2, 0.25) is 0 Å². The van der Waals surface area contributed by atoms with Gasteiger partial charge in [-0.3, -0.25) is 0 Å². The molecule has 1 fully saturated rings. The van der Waals surface area contributed by atoms with Gasteiger partial charge in [0, 0.05) is 36.4 Å². The van der Waals surface area contributed by atoms with E-state index in [1.54, 1.807) is 13.8 Å². The lowest BCUT2D eigenvalue weighted by atomic mass is 10.0. The summed E-state index contributed by atoms with van der Waals surface area (Å²) in [5.74, 6) is 0. The van der Waals surface area contributed by atoms with Gasteiger partial charge in [-0.15, -0.1) is 0 Å². The molecule has 0 radical (unpaired) electrons. The third kappa shape index (κ3) is 6.55. The van der Waals surface area contributed by atoms with E-state index in [9.17, 15) is 4.39 Å². The van der Waals surface area contributed by atoms with Crippen molar-refractivity contribution in [2.45, 2.75) is 45.3 Å². The number of halogens is 2. The van der Waals surface area contributed by atoms with Gasteiger partial charge in [0.05, 0.1) is 0 Å². The average Bonchev–Trinajstić information content (AvgIpc) is 2.26. The predicted octanol–water partition coefficient (Wildman–Crippen LogP) is 3.60. The minimum Gasteiger partial charge on any atom is -0.387 e. The summed E-state index contributed by atoms with van der Waals surface area (Å²) in [4.78, 5) is 2.21. The molecule has 18 heavy (non-hydrogen) atoms. The summed E-state index contributed by atoms with van der Waals surface area (Å²) in [5, 5.41) is 3.41. The van der Waals surface area contributed by atoms with E-state index in [1.807, 2.05) is 25.3 Å². The molecular weight excluding hydrogens is 295 g/mol. The van der Waals surface area contributed by atoms with Crippen LogP contribution in [0.25, 0.3) is 0 Å². The Morgan fingerprint density at radius 1 is 1.44 bits per heavy atom. The van der Waals surface area contributed by atoms with E-state index < -0.39 is 5.67 Å². The van der Waals surface area contributed by atoms with Crippen molar-refractivity contribution in [1.82, 2.24) is 10.2 Å². The highest BCUT2D eigenvalue weighted by Gasteiger charge is 2.24. The van der Waals surface area contributed by atoms with Gasteiger partial charge in [0.25, 0.3) is 0 Å². The number of hydrogen-bond acceptors (Lipinski definition) is 2. The topological polar surface area (TPSA) is 15.3 Å². The Labute approximate surface area is 118 Å². The number of nitrogens with zero attached hydrogens (tertiary/aromatic N) is 1. The zero-order valence-electron chi connectivity index (χ0n) is 11.5. The Hall–Kier alpha value is -0.350. The Bertz CT molecular complexity index is 299. The van der Waals surface area contributed by atoms with Crippen LogP contribution in [0.1, 0.15) is 33.6 Å². The molecule has 1 heterocycles. The Kier molecular flexibility index (Phi) is 6.36. The molecule has 0 aromatic rings. The molecular formula is C14H24BrFN2. The molecule has 4 heteroatoms. The molecule has 104 valence electrons. The van der Waals surface area contributed by atoms with Gasteiger partial charge in [-0.25, -0.2) is 4.39 Å². The number of alkyl halides is 1. The zero-order chi connectivity index (χ0) is 13.6. The van der Waals surface area contributed by atoms with E-state index in [0.29, 0.717) is 12.6 Å².